The lowest BCUT2D eigenvalue weighted by Gasteiger charge is -2.32. The van der Waals surface area contributed by atoms with Crippen molar-refractivity contribution in [3.8, 4) is 0 Å². The average molecular weight is 227 g/mol. The van der Waals surface area contributed by atoms with Gasteiger partial charge in [-0.3, -0.25) is 0 Å². The van der Waals surface area contributed by atoms with E-state index in [0.29, 0.717) is 6.10 Å². The topological polar surface area (TPSA) is 9.23 Å². The van der Waals surface area contributed by atoms with Crippen LogP contribution >= 0.6 is 11.8 Å². The molecule has 2 heteroatoms. The fourth-order valence-corrected chi connectivity index (χ4v) is 4.28. The first-order valence-corrected chi connectivity index (χ1v) is 7.44. The Hall–Kier alpha value is 0.310. The monoisotopic (exact) mass is 227 g/mol. The fraction of sp³-hybridized carbons (Fsp3) is 0.923. The Labute approximate surface area is 98.3 Å². The zero-order valence-corrected chi connectivity index (χ0v) is 10.7. The Bertz CT molecular complexity index is 175. The summed E-state index contributed by atoms with van der Waals surface area (Å²) in [5.41, 5.74) is 0. The predicted molar refractivity (Wildman–Crippen MR) is 67.2 cm³/mol. The molecule has 87 valence electrons. The van der Waals surface area contributed by atoms with E-state index in [1.807, 2.05) is 13.0 Å². The van der Waals surface area contributed by atoms with E-state index in [9.17, 15) is 0 Å². The van der Waals surface area contributed by atoms with E-state index in [4.69, 9.17) is 4.74 Å². The number of hydrogen-bond donors (Lipinski definition) is 0. The number of methoxy groups -OCH3 is 1. The first-order valence-electron chi connectivity index (χ1n) is 6.39. The normalized spacial score (nSPS) is 35.0. The maximum absolute atomic E-state index is 5.52. The van der Waals surface area contributed by atoms with E-state index in [1.54, 1.807) is 0 Å². The van der Waals surface area contributed by atoms with Gasteiger partial charge < -0.3 is 4.74 Å². The lowest BCUT2D eigenvalue weighted by atomic mass is 9.92. The second-order valence-corrected chi connectivity index (χ2v) is 6.12. The van der Waals surface area contributed by atoms with Crippen molar-refractivity contribution < 1.29 is 4.74 Å². The van der Waals surface area contributed by atoms with E-state index in [2.05, 4.69) is 11.8 Å². The smallest absolute Gasteiger partial charge is 0.0590 e. The molecule has 1 aliphatic carbocycles. The number of rotatable bonds is 2. The highest BCUT2D eigenvalue weighted by Gasteiger charge is 2.29. The minimum Gasteiger partial charge on any atom is -0.381 e. The van der Waals surface area contributed by atoms with Gasteiger partial charge in [0.25, 0.3) is 0 Å². The molecule has 15 heavy (non-hydrogen) atoms. The molecule has 0 bridgehead atoms. The summed E-state index contributed by atoms with van der Waals surface area (Å²) in [6, 6.07) is 0. The number of ether oxygens (including phenoxy) is 1. The Morgan fingerprint density at radius 3 is 2.53 bits per heavy atom. The van der Waals surface area contributed by atoms with Crippen molar-refractivity contribution in [2.24, 2.45) is 0 Å². The molecule has 0 aromatic carbocycles. The van der Waals surface area contributed by atoms with Crippen LogP contribution in [0.2, 0.25) is 0 Å². The highest BCUT2D eigenvalue weighted by Crippen LogP contribution is 2.39. The largest absolute Gasteiger partial charge is 0.381 e. The standard InChI is InChI=1S/C13H23OS/c1-14-12-8-9-15-13(10-12)11-6-4-2-3-5-7-11/h12-13H,2-10H2,1H3. The van der Waals surface area contributed by atoms with E-state index >= 15 is 0 Å². The molecule has 2 aliphatic rings. The van der Waals surface area contributed by atoms with Crippen LogP contribution < -0.4 is 0 Å². The summed E-state index contributed by atoms with van der Waals surface area (Å²) in [7, 11) is 1.87. The van der Waals surface area contributed by atoms with E-state index in [-0.39, 0.29) is 0 Å². The molecule has 1 saturated carbocycles. The highest BCUT2D eigenvalue weighted by atomic mass is 32.2. The fourth-order valence-electron chi connectivity index (χ4n) is 2.77. The van der Waals surface area contributed by atoms with Crippen LogP contribution in [0.3, 0.4) is 0 Å². The molecule has 0 spiro atoms. The molecule has 1 nitrogen and oxygen atoms in total. The van der Waals surface area contributed by atoms with Gasteiger partial charge in [-0.25, -0.2) is 0 Å². The van der Waals surface area contributed by atoms with Gasteiger partial charge in [-0.15, -0.1) is 0 Å². The molecule has 2 unspecified atom stereocenters. The lowest BCUT2D eigenvalue weighted by Crippen LogP contribution is -2.28. The van der Waals surface area contributed by atoms with Gasteiger partial charge in [0.2, 0.25) is 0 Å². The van der Waals surface area contributed by atoms with Crippen molar-refractivity contribution in [2.45, 2.75) is 62.7 Å². The second-order valence-electron chi connectivity index (χ2n) is 4.81. The van der Waals surface area contributed by atoms with Crippen molar-refractivity contribution in [1.82, 2.24) is 0 Å². The van der Waals surface area contributed by atoms with Crippen molar-refractivity contribution in [1.29, 1.82) is 0 Å². The third-order valence-corrected chi connectivity index (χ3v) is 5.17. The van der Waals surface area contributed by atoms with Crippen LogP contribution in [0.15, 0.2) is 0 Å². The highest BCUT2D eigenvalue weighted by molar-refractivity contribution is 8.00. The third kappa shape index (κ3) is 3.39. The van der Waals surface area contributed by atoms with E-state index in [0.717, 1.165) is 5.25 Å². The summed E-state index contributed by atoms with van der Waals surface area (Å²) in [6.07, 6.45) is 11.6. The molecule has 0 aromatic heterocycles. The molecular formula is C13H23OS. The Balaban J connectivity index is 1.84. The first-order chi connectivity index (χ1) is 7.40. The van der Waals surface area contributed by atoms with Gasteiger partial charge in [0.1, 0.15) is 0 Å². The van der Waals surface area contributed by atoms with E-state index in [1.165, 1.54) is 57.1 Å². The summed E-state index contributed by atoms with van der Waals surface area (Å²) in [6.45, 7) is 0. The molecule has 0 N–H and O–H groups in total. The van der Waals surface area contributed by atoms with Gasteiger partial charge in [-0.2, -0.15) is 11.8 Å². The number of thioether (sulfide) groups is 1. The van der Waals surface area contributed by atoms with Gasteiger partial charge in [-0.1, -0.05) is 25.7 Å². The molecule has 1 saturated heterocycles. The van der Waals surface area contributed by atoms with Crippen LogP contribution in [0.4, 0.5) is 0 Å². The minimum absolute atomic E-state index is 0.534. The van der Waals surface area contributed by atoms with Gasteiger partial charge in [0, 0.05) is 12.4 Å². The number of hydrogen-bond acceptors (Lipinski definition) is 2. The van der Waals surface area contributed by atoms with Crippen molar-refractivity contribution >= 4 is 11.8 Å². The van der Waals surface area contributed by atoms with Crippen LogP contribution in [-0.2, 0) is 4.74 Å². The third-order valence-electron chi connectivity index (χ3n) is 3.77. The molecule has 2 atom stereocenters. The van der Waals surface area contributed by atoms with Crippen LogP contribution in [0, 0.1) is 5.92 Å². The maximum Gasteiger partial charge on any atom is 0.0590 e. The van der Waals surface area contributed by atoms with Gasteiger partial charge in [0.15, 0.2) is 0 Å². The first kappa shape index (κ1) is 11.8. The molecule has 0 amide bonds. The zero-order valence-electron chi connectivity index (χ0n) is 9.84. The van der Waals surface area contributed by atoms with Gasteiger partial charge in [0.05, 0.1) is 6.10 Å². The summed E-state index contributed by atoms with van der Waals surface area (Å²) in [5.74, 6) is 3.14. The molecular weight excluding hydrogens is 204 g/mol. The quantitative estimate of drug-likeness (QED) is 0.663. The summed E-state index contributed by atoms with van der Waals surface area (Å²) < 4.78 is 5.52. The summed E-state index contributed by atoms with van der Waals surface area (Å²) in [4.78, 5) is 0. The molecule has 1 aliphatic heterocycles. The van der Waals surface area contributed by atoms with Crippen molar-refractivity contribution in [2.75, 3.05) is 12.9 Å². The zero-order chi connectivity index (χ0) is 10.5. The van der Waals surface area contributed by atoms with Crippen molar-refractivity contribution in [3.05, 3.63) is 5.92 Å². The molecule has 2 fully saturated rings. The Kier molecular flexibility index (Phi) is 4.83. The maximum atomic E-state index is 5.52. The Morgan fingerprint density at radius 2 is 1.87 bits per heavy atom. The molecule has 0 aromatic rings. The average Bonchev–Trinajstić information content (AvgIpc) is 2.58. The van der Waals surface area contributed by atoms with Crippen molar-refractivity contribution in [3.63, 3.8) is 0 Å². The van der Waals surface area contributed by atoms with Crippen LogP contribution in [0.5, 0.6) is 0 Å². The minimum atomic E-state index is 0.534. The van der Waals surface area contributed by atoms with Crippen LogP contribution in [0.1, 0.15) is 51.4 Å². The van der Waals surface area contributed by atoms with Gasteiger partial charge >= 0.3 is 0 Å². The summed E-state index contributed by atoms with van der Waals surface area (Å²) >= 11 is 2.18. The van der Waals surface area contributed by atoms with E-state index < -0.39 is 0 Å². The lowest BCUT2D eigenvalue weighted by molar-refractivity contribution is 0.0900. The summed E-state index contributed by atoms with van der Waals surface area (Å²) in [5, 5.41) is 0.821. The molecule has 2 rings (SSSR count). The van der Waals surface area contributed by atoms with Crippen LogP contribution in [-0.4, -0.2) is 24.2 Å². The molecule has 1 heterocycles. The van der Waals surface area contributed by atoms with Gasteiger partial charge in [-0.05, 0) is 37.4 Å². The second kappa shape index (κ2) is 6.15. The predicted octanol–water partition coefficient (Wildman–Crippen LogP) is 3.83. The van der Waals surface area contributed by atoms with Crippen LogP contribution in [0.25, 0.3) is 0 Å². The SMILES string of the molecule is COC1CCSC([C]2CCCCCC2)C1. The molecule has 1 radical (unpaired) electrons. The Morgan fingerprint density at radius 1 is 1.13 bits per heavy atom.